The van der Waals surface area contributed by atoms with Gasteiger partial charge in [0.1, 0.15) is 0 Å². The molecule has 16 heavy (non-hydrogen) atoms. The summed E-state index contributed by atoms with van der Waals surface area (Å²) in [5.74, 6) is 0. The number of nitrogens with zero attached hydrogens (tertiary/aromatic N) is 1. The van der Waals surface area contributed by atoms with E-state index in [-0.39, 0.29) is 11.7 Å². The molecular weight excluding hydrogens is 208 g/mol. The molecule has 0 amide bonds. The van der Waals surface area contributed by atoms with Crippen LogP contribution in [0.3, 0.4) is 0 Å². The van der Waals surface area contributed by atoms with Gasteiger partial charge in [-0.1, -0.05) is 6.07 Å². The molecule has 0 radical (unpaired) electrons. The lowest BCUT2D eigenvalue weighted by molar-refractivity contribution is -0.384. The molecule has 1 atom stereocenters. The van der Waals surface area contributed by atoms with Crippen molar-refractivity contribution in [3.8, 4) is 0 Å². The minimum atomic E-state index is -0.884. The quantitative estimate of drug-likeness (QED) is 0.607. The van der Waals surface area contributed by atoms with E-state index in [1.165, 1.54) is 12.1 Å². The molecule has 1 rings (SSSR count). The number of aliphatic hydroxyl groups is 1. The molecular formula is C11H16N2O3. The predicted molar refractivity (Wildman–Crippen MR) is 62.5 cm³/mol. The Morgan fingerprint density at radius 3 is 2.62 bits per heavy atom. The van der Waals surface area contributed by atoms with Crippen LogP contribution in [0.25, 0.3) is 0 Å². The number of nitro groups is 1. The first kappa shape index (κ1) is 12.4. The molecule has 1 aromatic rings. The van der Waals surface area contributed by atoms with Crippen molar-refractivity contribution in [1.82, 2.24) is 0 Å². The highest BCUT2D eigenvalue weighted by molar-refractivity contribution is 5.51. The van der Waals surface area contributed by atoms with E-state index in [0.717, 1.165) is 0 Å². The van der Waals surface area contributed by atoms with Crippen LogP contribution in [0.2, 0.25) is 0 Å². The van der Waals surface area contributed by atoms with Gasteiger partial charge in [0.15, 0.2) is 0 Å². The third-order valence-electron chi connectivity index (χ3n) is 2.50. The van der Waals surface area contributed by atoms with Crippen molar-refractivity contribution in [2.75, 3.05) is 5.32 Å². The second-order valence-corrected chi connectivity index (χ2v) is 4.33. The van der Waals surface area contributed by atoms with Crippen LogP contribution in [0.4, 0.5) is 11.4 Å². The topological polar surface area (TPSA) is 75.4 Å². The largest absolute Gasteiger partial charge is 0.388 e. The molecule has 1 unspecified atom stereocenters. The summed E-state index contributed by atoms with van der Waals surface area (Å²) in [5, 5.41) is 23.3. The molecule has 0 heterocycles. The molecule has 0 spiro atoms. The smallest absolute Gasteiger partial charge is 0.271 e. The van der Waals surface area contributed by atoms with Gasteiger partial charge in [0.05, 0.1) is 16.6 Å². The molecule has 0 fully saturated rings. The van der Waals surface area contributed by atoms with Crippen molar-refractivity contribution >= 4 is 11.4 Å². The zero-order valence-corrected chi connectivity index (χ0v) is 9.60. The van der Waals surface area contributed by atoms with Crippen molar-refractivity contribution in [1.29, 1.82) is 0 Å². The first-order chi connectivity index (χ1) is 7.30. The highest BCUT2D eigenvalue weighted by atomic mass is 16.6. The molecule has 0 aromatic heterocycles. The summed E-state index contributed by atoms with van der Waals surface area (Å²) in [6.45, 7) is 5.18. The number of anilines is 1. The van der Waals surface area contributed by atoms with E-state index in [1.54, 1.807) is 26.0 Å². The minimum Gasteiger partial charge on any atom is -0.388 e. The Hall–Kier alpha value is -1.62. The van der Waals surface area contributed by atoms with Gasteiger partial charge in [0, 0.05) is 17.8 Å². The predicted octanol–water partition coefficient (Wildman–Crippen LogP) is 2.17. The zero-order chi connectivity index (χ0) is 12.3. The second-order valence-electron chi connectivity index (χ2n) is 4.33. The van der Waals surface area contributed by atoms with Crippen LogP contribution in [-0.2, 0) is 0 Å². The van der Waals surface area contributed by atoms with Crippen molar-refractivity contribution in [3.05, 3.63) is 34.4 Å². The molecule has 0 saturated carbocycles. The molecule has 0 saturated heterocycles. The molecule has 0 aliphatic heterocycles. The number of rotatable bonds is 4. The Morgan fingerprint density at radius 1 is 1.50 bits per heavy atom. The molecule has 0 aliphatic rings. The lowest BCUT2D eigenvalue weighted by Gasteiger charge is -2.27. The van der Waals surface area contributed by atoms with Crippen molar-refractivity contribution in [2.24, 2.45) is 0 Å². The van der Waals surface area contributed by atoms with Gasteiger partial charge >= 0.3 is 0 Å². The van der Waals surface area contributed by atoms with Gasteiger partial charge in [0.2, 0.25) is 0 Å². The minimum absolute atomic E-state index is 0.0351. The number of nitro benzene ring substituents is 1. The fraction of sp³-hybridized carbons (Fsp3) is 0.455. The SMILES string of the molecule is CC(Nc1cccc([N+](=O)[O-])c1)C(C)(C)O. The van der Waals surface area contributed by atoms with E-state index < -0.39 is 10.5 Å². The van der Waals surface area contributed by atoms with Gasteiger partial charge in [-0.25, -0.2) is 0 Å². The van der Waals surface area contributed by atoms with Gasteiger partial charge in [-0.05, 0) is 26.8 Å². The molecule has 88 valence electrons. The van der Waals surface area contributed by atoms with Crippen LogP contribution in [0.15, 0.2) is 24.3 Å². The maximum Gasteiger partial charge on any atom is 0.271 e. The third kappa shape index (κ3) is 3.20. The van der Waals surface area contributed by atoms with E-state index in [9.17, 15) is 15.2 Å². The van der Waals surface area contributed by atoms with E-state index in [2.05, 4.69) is 5.32 Å². The highest BCUT2D eigenvalue weighted by Crippen LogP contribution is 2.20. The lowest BCUT2D eigenvalue weighted by atomic mass is 10.0. The Labute approximate surface area is 94.3 Å². The first-order valence-electron chi connectivity index (χ1n) is 5.04. The van der Waals surface area contributed by atoms with Gasteiger partial charge in [-0.2, -0.15) is 0 Å². The zero-order valence-electron chi connectivity index (χ0n) is 9.60. The summed E-state index contributed by atoms with van der Waals surface area (Å²) in [5.41, 5.74) is -0.221. The van der Waals surface area contributed by atoms with Gasteiger partial charge < -0.3 is 10.4 Å². The average Bonchev–Trinajstić information content (AvgIpc) is 2.16. The number of nitrogens with one attached hydrogen (secondary N) is 1. The fourth-order valence-corrected chi connectivity index (χ4v) is 1.14. The molecule has 0 aliphatic carbocycles. The van der Waals surface area contributed by atoms with Crippen molar-refractivity contribution < 1.29 is 10.0 Å². The summed E-state index contributed by atoms with van der Waals surface area (Å²) >= 11 is 0. The Kier molecular flexibility index (Phi) is 3.49. The summed E-state index contributed by atoms with van der Waals surface area (Å²) in [4.78, 5) is 10.1. The number of hydrogen-bond donors (Lipinski definition) is 2. The van der Waals surface area contributed by atoms with Crippen molar-refractivity contribution in [2.45, 2.75) is 32.4 Å². The van der Waals surface area contributed by atoms with Gasteiger partial charge in [-0.15, -0.1) is 0 Å². The standard InChI is InChI=1S/C11H16N2O3/c1-8(11(2,3)14)12-9-5-4-6-10(7-9)13(15)16/h4-8,12,14H,1-3H3. The number of non-ortho nitro benzene ring substituents is 1. The first-order valence-corrected chi connectivity index (χ1v) is 5.04. The molecule has 5 heteroatoms. The van der Waals surface area contributed by atoms with Crippen LogP contribution < -0.4 is 5.32 Å². The third-order valence-corrected chi connectivity index (χ3v) is 2.50. The summed E-state index contributed by atoms with van der Waals surface area (Å²) in [6.07, 6.45) is 0. The van der Waals surface area contributed by atoms with Gasteiger partial charge in [0.25, 0.3) is 5.69 Å². The maximum absolute atomic E-state index is 10.6. The Bertz CT molecular complexity index is 385. The normalized spacial score (nSPS) is 13.2. The average molecular weight is 224 g/mol. The van der Waals surface area contributed by atoms with Crippen molar-refractivity contribution in [3.63, 3.8) is 0 Å². The lowest BCUT2D eigenvalue weighted by Crippen LogP contribution is -2.39. The Morgan fingerprint density at radius 2 is 2.12 bits per heavy atom. The summed E-state index contributed by atoms with van der Waals surface area (Å²) in [7, 11) is 0. The van der Waals surface area contributed by atoms with E-state index in [0.29, 0.717) is 5.69 Å². The number of hydrogen-bond acceptors (Lipinski definition) is 4. The molecule has 0 bridgehead atoms. The second kappa shape index (κ2) is 4.49. The van der Waals surface area contributed by atoms with Crippen LogP contribution in [0, 0.1) is 10.1 Å². The fourth-order valence-electron chi connectivity index (χ4n) is 1.14. The van der Waals surface area contributed by atoms with Crippen LogP contribution in [0.1, 0.15) is 20.8 Å². The maximum atomic E-state index is 10.6. The Balaban J connectivity index is 2.82. The van der Waals surface area contributed by atoms with Gasteiger partial charge in [-0.3, -0.25) is 10.1 Å². The van der Waals surface area contributed by atoms with E-state index >= 15 is 0 Å². The summed E-state index contributed by atoms with van der Waals surface area (Å²) in [6, 6.07) is 6.02. The molecule has 1 aromatic carbocycles. The highest BCUT2D eigenvalue weighted by Gasteiger charge is 2.22. The van der Waals surface area contributed by atoms with Crippen LogP contribution in [0.5, 0.6) is 0 Å². The van der Waals surface area contributed by atoms with E-state index in [1.807, 2.05) is 6.92 Å². The summed E-state index contributed by atoms with van der Waals surface area (Å²) < 4.78 is 0. The monoisotopic (exact) mass is 224 g/mol. The number of benzene rings is 1. The van der Waals surface area contributed by atoms with Crippen LogP contribution in [-0.4, -0.2) is 21.7 Å². The van der Waals surface area contributed by atoms with Crippen LogP contribution >= 0.6 is 0 Å². The van der Waals surface area contributed by atoms with E-state index in [4.69, 9.17) is 0 Å². The molecule has 2 N–H and O–H groups in total. The molecule has 5 nitrogen and oxygen atoms in total.